The first kappa shape index (κ1) is 29.1. The first-order valence-corrected chi connectivity index (χ1v) is 15.4. The molecular formula is C34H44F3NO3. The van der Waals surface area contributed by atoms with Gasteiger partial charge in [-0.25, -0.2) is 0 Å². The Morgan fingerprint density at radius 1 is 1.05 bits per heavy atom. The zero-order valence-corrected chi connectivity index (χ0v) is 24.7. The van der Waals surface area contributed by atoms with E-state index in [1.54, 1.807) is 0 Å². The summed E-state index contributed by atoms with van der Waals surface area (Å²) in [5.41, 5.74) is -2.94. The maximum absolute atomic E-state index is 14.5. The van der Waals surface area contributed by atoms with Gasteiger partial charge in [0, 0.05) is 33.9 Å². The van der Waals surface area contributed by atoms with E-state index in [1.807, 2.05) is 0 Å². The number of benzene rings is 1. The van der Waals surface area contributed by atoms with Crippen LogP contribution in [0.2, 0.25) is 0 Å². The quantitative estimate of drug-likeness (QED) is 0.291. The second-order valence-corrected chi connectivity index (χ2v) is 14.5. The van der Waals surface area contributed by atoms with Gasteiger partial charge in [-0.05, 0) is 94.3 Å². The van der Waals surface area contributed by atoms with Gasteiger partial charge in [0.05, 0.1) is 17.3 Å². The van der Waals surface area contributed by atoms with Crippen molar-refractivity contribution in [1.82, 2.24) is 4.90 Å². The Bertz CT molecular complexity index is 1310. The number of Topliss-reactive ketones (excluding diaryl/α,β-unsaturated/α-hetero) is 1. The topological polar surface area (TPSA) is 60.8 Å². The number of aliphatic hydroxyl groups excluding tert-OH is 1. The minimum Gasteiger partial charge on any atom is -0.393 e. The number of likely N-dealkylation sites (N-methyl/N-ethyl adjacent to an activating group) is 1. The average molecular weight is 572 g/mol. The SMILES string of the molecule is CCCN(C)C[C@]1(O)CC[C@H]2[C@]34C=C[C@@]5(C=C3C(=O)c3cccc(C(F)(F)F)c3)CC(O)CC[C@]5(C)[C@H]4CC[C@@]21C. The van der Waals surface area contributed by atoms with Gasteiger partial charge in [0.15, 0.2) is 5.78 Å². The Morgan fingerprint density at radius 2 is 1.73 bits per heavy atom. The number of carbonyl (C=O) groups excluding carboxylic acids is 1. The van der Waals surface area contributed by atoms with Crippen LogP contribution in [-0.4, -0.2) is 52.7 Å². The van der Waals surface area contributed by atoms with E-state index in [0.717, 1.165) is 50.8 Å². The van der Waals surface area contributed by atoms with Crippen LogP contribution in [0.25, 0.3) is 0 Å². The van der Waals surface area contributed by atoms with Crippen molar-refractivity contribution < 1.29 is 28.2 Å². The fourth-order valence-electron chi connectivity index (χ4n) is 10.5. The minimum absolute atomic E-state index is 0.0204. The number of alkyl halides is 3. The molecule has 8 atom stereocenters. The molecule has 0 aliphatic heterocycles. The van der Waals surface area contributed by atoms with Crippen molar-refractivity contribution in [3.05, 3.63) is 59.2 Å². The molecule has 7 rings (SSSR count). The molecule has 2 bridgehead atoms. The number of nitrogens with zero attached hydrogens (tertiary/aromatic N) is 1. The normalized spacial score (nSPS) is 43.0. The van der Waals surface area contributed by atoms with Crippen molar-refractivity contribution in [3.8, 4) is 0 Å². The van der Waals surface area contributed by atoms with E-state index in [9.17, 15) is 28.2 Å². The lowest BCUT2D eigenvalue weighted by Gasteiger charge is -2.71. The van der Waals surface area contributed by atoms with Crippen LogP contribution in [0.3, 0.4) is 0 Å². The Labute approximate surface area is 241 Å². The number of carbonyl (C=O) groups is 1. The van der Waals surface area contributed by atoms with Crippen LogP contribution in [-0.2, 0) is 6.18 Å². The highest BCUT2D eigenvalue weighted by molar-refractivity contribution is 6.10. The third-order valence-electron chi connectivity index (χ3n) is 12.5. The Hall–Kier alpha value is -1.96. The standard InChI is InChI=1S/C34H44F3NO3/c1-5-17-38(4)21-32(41)14-11-27-30(32,3)13-10-26-29(2)12-9-24(39)19-31(29)15-16-33(26,27)25(20-31)28(40)22-7-6-8-23(18-22)34(35,36)37/h6-8,15-16,18,20,24,26-27,39,41H,5,9-14,17,19,21H2,1-4H3/t24?,26-,27-,29-,30+,31+,32-,33-/m1/s1. The molecule has 0 aromatic heterocycles. The van der Waals surface area contributed by atoms with Crippen LogP contribution in [0, 0.1) is 33.5 Å². The number of aliphatic hydroxyl groups is 2. The van der Waals surface area contributed by atoms with Gasteiger partial charge in [0.25, 0.3) is 0 Å². The molecule has 7 heteroatoms. The minimum atomic E-state index is -4.54. The molecular weight excluding hydrogens is 527 g/mol. The maximum atomic E-state index is 14.5. The highest BCUT2D eigenvalue weighted by atomic mass is 19.4. The summed E-state index contributed by atoms with van der Waals surface area (Å²) in [5, 5.41) is 23.1. The lowest BCUT2D eigenvalue weighted by Crippen LogP contribution is -2.67. The van der Waals surface area contributed by atoms with E-state index >= 15 is 0 Å². The molecule has 1 aromatic carbocycles. The molecule has 1 unspecified atom stereocenters. The molecule has 3 saturated carbocycles. The molecule has 224 valence electrons. The van der Waals surface area contributed by atoms with E-state index in [1.165, 1.54) is 12.1 Å². The summed E-state index contributed by atoms with van der Waals surface area (Å²) < 4.78 is 41.0. The lowest BCUT2D eigenvalue weighted by molar-refractivity contribution is -0.175. The third kappa shape index (κ3) is 3.87. The van der Waals surface area contributed by atoms with Crippen LogP contribution >= 0.6 is 0 Å². The van der Waals surface area contributed by atoms with Crippen LogP contribution in [0.5, 0.6) is 0 Å². The zero-order valence-electron chi connectivity index (χ0n) is 24.7. The molecule has 0 radical (unpaired) electrons. The van der Waals surface area contributed by atoms with Gasteiger partial charge in [-0.2, -0.15) is 13.2 Å². The van der Waals surface area contributed by atoms with Gasteiger partial charge in [0.2, 0.25) is 0 Å². The average Bonchev–Trinajstić information content (AvgIpc) is 3.18. The summed E-state index contributed by atoms with van der Waals surface area (Å²) in [6.45, 7) is 8.08. The monoisotopic (exact) mass is 571 g/mol. The van der Waals surface area contributed by atoms with Gasteiger partial charge < -0.3 is 15.1 Å². The number of rotatable bonds is 6. The summed E-state index contributed by atoms with van der Waals surface area (Å²) in [4.78, 5) is 16.7. The van der Waals surface area contributed by atoms with E-state index < -0.39 is 39.7 Å². The Morgan fingerprint density at radius 3 is 2.44 bits per heavy atom. The second kappa shape index (κ2) is 9.27. The lowest BCUT2D eigenvalue weighted by atomic mass is 9.32. The van der Waals surface area contributed by atoms with Crippen molar-refractivity contribution in [3.63, 3.8) is 0 Å². The molecule has 2 N–H and O–H groups in total. The van der Waals surface area contributed by atoms with Crippen molar-refractivity contribution in [1.29, 1.82) is 0 Å². The maximum Gasteiger partial charge on any atom is 0.416 e. The van der Waals surface area contributed by atoms with Crippen LogP contribution in [0.4, 0.5) is 13.2 Å². The van der Waals surface area contributed by atoms with Gasteiger partial charge in [-0.1, -0.05) is 51.1 Å². The Balaban J connectivity index is 1.51. The van der Waals surface area contributed by atoms with E-state index in [4.69, 9.17) is 0 Å². The number of fused-ring (bicyclic) bond motifs is 1. The Kier molecular flexibility index (Phi) is 6.58. The predicted molar refractivity (Wildman–Crippen MR) is 152 cm³/mol. The number of allylic oxidation sites excluding steroid dienone is 4. The largest absolute Gasteiger partial charge is 0.416 e. The van der Waals surface area contributed by atoms with Crippen molar-refractivity contribution in [2.24, 2.45) is 33.5 Å². The van der Waals surface area contributed by atoms with Crippen molar-refractivity contribution >= 4 is 5.78 Å². The molecule has 6 aliphatic rings. The van der Waals surface area contributed by atoms with Gasteiger partial charge in [0.1, 0.15) is 0 Å². The van der Waals surface area contributed by atoms with Gasteiger partial charge in [-0.3, -0.25) is 4.79 Å². The first-order valence-electron chi connectivity index (χ1n) is 15.4. The predicted octanol–water partition coefficient (Wildman–Crippen LogP) is 6.82. The molecule has 41 heavy (non-hydrogen) atoms. The molecule has 0 amide bonds. The molecule has 0 heterocycles. The molecule has 1 aromatic rings. The number of halogens is 3. The second-order valence-electron chi connectivity index (χ2n) is 14.5. The highest BCUT2D eigenvalue weighted by Gasteiger charge is 2.74. The van der Waals surface area contributed by atoms with E-state index in [2.05, 4.69) is 50.9 Å². The highest BCUT2D eigenvalue weighted by Crippen LogP contribution is 2.78. The van der Waals surface area contributed by atoms with Crippen LogP contribution < -0.4 is 0 Å². The van der Waals surface area contributed by atoms with Gasteiger partial charge in [-0.15, -0.1) is 0 Å². The summed E-state index contributed by atoms with van der Waals surface area (Å²) in [6, 6.07) is 4.81. The number of hydrogen-bond acceptors (Lipinski definition) is 4. The zero-order chi connectivity index (χ0) is 29.6. The fraction of sp³-hybridized carbons (Fsp3) is 0.676. The smallest absolute Gasteiger partial charge is 0.393 e. The number of hydrogen-bond donors (Lipinski definition) is 2. The van der Waals surface area contributed by atoms with E-state index in [-0.39, 0.29) is 28.6 Å². The third-order valence-corrected chi connectivity index (χ3v) is 12.5. The van der Waals surface area contributed by atoms with Crippen LogP contribution in [0.1, 0.15) is 88.1 Å². The molecule has 4 nitrogen and oxygen atoms in total. The molecule has 2 spiro atoms. The summed E-state index contributed by atoms with van der Waals surface area (Å²) in [7, 11) is 2.05. The van der Waals surface area contributed by atoms with Gasteiger partial charge >= 0.3 is 6.18 Å². The van der Waals surface area contributed by atoms with Crippen molar-refractivity contribution in [2.75, 3.05) is 20.1 Å². The van der Waals surface area contributed by atoms with Crippen molar-refractivity contribution in [2.45, 2.75) is 90.0 Å². The molecule has 6 aliphatic carbocycles. The summed E-state index contributed by atoms with van der Waals surface area (Å²) >= 11 is 0. The van der Waals surface area contributed by atoms with E-state index in [0.29, 0.717) is 31.4 Å². The van der Waals surface area contributed by atoms with Crippen LogP contribution in [0.15, 0.2) is 48.1 Å². The molecule has 3 fully saturated rings. The number of ketones is 1. The summed E-state index contributed by atoms with van der Waals surface area (Å²) in [6.07, 6.45) is 7.57. The summed E-state index contributed by atoms with van der Waals surface area (Å²) in [5.74, 6) is -0.265. The molecule has 0 saturated heterocycles. The first-order chi connectivity index (χ1) is 19.2. The fourth-order valence-corrected chi connectivity index (χ4v) is 10.5.